The van der Waals surface area contributed by atoms with Gasteiger partial charge < -0.3 is 15.5 Å². The van der Waals surface area contributed by atoms with Gasteiger partial charge in [0.05, 0.1) is 0 Å². The van der Waals surface area contributed by atoms with Gasteiger partial charge in [0.1, 0.15) is 0 Å². The smallest absolute Gasteiger partial charge is 0.175 e. The summed E-state index contributed by atoms with van der Waals surface area (Å²) >= 11 is 5.35. The van der Waals surface area contributed by atoms with Crippen LogP contribution in [0.1, 0.15) is 11.1 Å². The minimum Gasteiger partial charge on any atom is -0.378 e. The Kier molecular flexibility index (Phi) is 4.81. The van der Waals surface area contributed by atoms with Crippen LogP contribution < -0.4 is 15.5 Å². The number of rotatable bonds is 3. The number of aryl methyl sites for hydroxylation is 2. The van der Waals surface area contributed by atoms with Gasteiger partial charge in [-0.1, -0.05) is 6.07 Å². The van der Waals surface area contributed by atoms with Crippen LogP contribution in [0.2, 0.25) is 0 Å². The molecular formula is C17H21N3S. The molecule has 2 aromatic carbocycles. The third-order valence-corrected chi connectivity index (χ3v) is 3.61. The topological polar surface area (TPSA) is 27.3 Å². The van der Waals surface area contributed by atoms with Crippen molar-refractivity contribution in [1.29, 1.82) is 0 Å². The summed E-state index contributed by atoms with van der Waals surface area (Å²) in [7, 11) is 4.04. The van der Waals surface area contributed by atoms with E-state index in [1.165, 1.54) is 11.1 Å². The van der Waals surface area contributed by atoms with Gasteiger partial charge in [0, 0.05) is 31.2 Å². The lowest BCUT2D eigenvalue weighted by atomic mass is 10.1. The van der Waals surface area contributed by atoms with Gasteiger partial charge in [-0.2, -0.15) is 0 Å². The predicted octanol–water partition coefficient (Wildman–Crippen LogP) is 4.18. The molecule has 0 unspecified atom stereocenters. The molecule has 0 aromatic heterocycles. The molecule has 0 amide bonds. The molecule has 21 heavy (non-hydrogen) atoms. The standard InChI is InChI=1S/C17H21N3S/c1-12-5-6-15(11-13(12)2)19-17(21)18-14-7-9-16(10-8-14)20(3)4/h5-11H,1-4H3,(H2,18,19,21). The van der Waals surface area contributed by atoms with Crippen molar-refractivity contribution in [1.82, 2.24) is 0 Å². The minimum atomic E-state index is 0.593. The van der Waals surface area contributed by atoms with E-state index in [-0.39, 0.29) is 0 Å². The number of benzene rings is 2. The number of nitrogens with one attached hydrogen (secondary N) is 2. The minimum absolute atomic E-state index is 0.593. The number of hydrogen-bond acceptors (Lipinski definition) is 2. The van der Waals surface area contributed by atoms with Crippen molar-refractivity contribution in [3.63, 3.8) is 0 Å². The molecule has 3 nitrogen and oxygen atoms in total. The summed E-state index contributed by atoms with van der Waals surface area (Å²) < 4.78 is 0. The molecule has 0 atom stereocenters. The van der Waals surface area contributed by atoms with Crippen LogP contribution in [0.5, 0.6) is 0 Å². The van der Waals surface area contributed by atoms with E-state index in [9.17, 15) is 0 Å². The molecule has 4 heteroatoms. The summed E-state index contributed by atoms with van der Waals surface area (Å²) in [6, 6.07) is 14.4. The highest BCUT2D eigenvalue weighted by Gasteiger charge is 2.01. The fourth-order valence-corrected chi connectivity index (χ4v) is 2.19. The van der Waals surface area contributed by atoms with Crippen LogP contribution in [0.15, 0.2) is 42.5 Å². The van der Waals surface area contributed by atoms with Crippen molar-refractivity contribution in [2.45, 2.75) is 13.8 Å². The Morgan fingerprint density at radius 3 is 2.00 bits per heavy atom. The molecule has 0 aliphatic carbocycles. The lowest BCUT2D eigenvalue weighted by molar-refractivity contribution is 1.13. The van der Waals surface area contributed by atoms with E-state index in [0.29, 0.717) is 5.11 Å². The van der Waals surface area contributed by atoms with Crippen molar-refractivity contribution in [2.24, 2.45) is 0 Å². The second-order valence-electron chi connectivity index (χ2n) is 5.32. The molecule has 2 aromatic rings. The molecule has 0 fully saturated rings. The van der Waals surface area contributed by atoms with Crippen molar-refractivity contribution in [3.8, 4) is 0 Å². The van der Waals surface area contributed by atoms with E-state index in [0.717, 1.165) is 17.1 Å². The second kappa shape index (κ2) is 6.59. The zero-order chi connectivity index (χ0) is 15.4. The summed E-state index contributed by atoms with van der Waals surface area (Å²) in [5.41, 5.74) is 5.66. The third-order valence-electron chi connectivity index (χ3n) is 3.41. The highest BCUT2D eigenvalue weighted by Crippen LogP contribution is 2.17. The average molecular weight is 299 g/mol. The SMILES string of the molecule is Cc1ccc(NC(=S)Nc2ccc(N(C)C)cc2)cc1C. The Labute approximate surface area is 132 Å². The molecule has 2 rings (SSSR count). The first-order valence-electron chi connectivity index (χ1n) is 6.88. The Morgan fingerprint density at radius 1 is 0.857 bits per heavy atom. The van der Waals surface area contributed by atoms with Crippen molar-refractivity contribution < 1.29 is 0 Å². The maximum absolute atomic E-state index is 5.35. The van der Waals surface area contributed by atoms with Gasteiger partial charge in [-0.25, -0.2) is 0 Å². The quantitative estimate of drug-likeness (QED) is 0.832. The van der Waals surface area contributed by atoms with Crippen LogP contribution in [-0.4, -0.2) is 19.2 Å². The number of hydrogen-bond donors (Lipinski definition) is 2. The molecule has 0 aliphatic heterocycles. The van der Waals surface area contributed by atoms with E-state index in [2.05, 4.69) is 53.6 Å². The molecule has 0 heterocycles. The van der Waals surface area contributed by atoms with Crippen LogP contribution in [0.25, 0.3) is 0 Å². The Balaban J connectivity index is 1.99. The van der Waals surface area contributed by atoms with E-state index in [1.54, 1.807) is 0 Å². The van der Waals surface area contributed by atoms with Gasteiger partial charge in [0.25, 0.3) is 0 Å². The van der Waals surface area contributed by atoms with Crippen molar-refractivity contribution in [3.05, 3.63) is 53.6 Å². The number of nitrogens with zero attached hydrogens (tertiary/aromatic N) is 1. The fourth-order valence-electron chi connectivity index (χ4n) is 1.96. The van der Waals surface area contributed by atoms with Gasteiger partial charge in [0.15, 0.2) is 5.11 Å². The third kappa shape index (κ3) is 4.20. The molecular weight excluding hydrogens is 278 g/mol. The van der Waals surface area contributed by atoms with Crippen LogP contribution in [-0.2, 0) is 0 Å². The van der Waals surface area contributed by atoms with Gasteiger partial charge in [-0.05, 0) is 73.6 Å². The maximum Gasteiger partial charge on any atom is 0.175 e. The molecule has 0 radical (unpaired) electrons. The van der Waals surface area contributed by atoms with E-state index >= 15 is 0 Å². The molecule has 2 N–H and O–H groups in total. The summed E-state index contributed by atoms with van der Waals surface area (Å²) in [5, 5.41) is 6.99. The largest absolute Gasteiger partial charge is 0.378 e. The van der Waals surface area contributed by atoms with Gasteiger partial charge >= 0.3 is 0 Å². The van der Waals surface area contributed by atoms with E-state index < -0.39 is 0 Å². The van der Waals surface area contributed by atoms with E-state index in [1.807, 2.05) is 32.3 Å². The summed E-state index contributed by atoms with van der Waals surface area (Å²) in [4.78, 5) is 2.06. The zero-order valence-electron chi connectivity index (χ0n) is 12.9. The Hall–Kier alpha value is -2.07. The normalized spacial score (nSPS) is 10.1. The molecule has 0 bridgehead atoms. The van der Waals surface area contributed by atoms with Gasteiger partial charge in [-0.3, -0.25) is 0 Å². The maximum atomic E-state index is 5.35. The molecule has 0 saturated heterocycles. The zero-order valence-corrected chi connectivity index (χ0v) is 13.7. The Bertz CT molecular complexity index is 633. The summed E-state index contributed by atoms with van der Waals surface area (Å²) in [6.45, 7) is 4.19. The van der Waals surface area contributed by atoms with Crippen molar-refractivity contribution >= 4 is 34.4 Å². The van der Waals surface area contributed by atoms with Crippen LogP contribution in [0.3, 0.4) is 0 Å². The fraction of sp³-hybridized carbons (Fsp3) is 0.235. The first kappa shape index (κ1) is 15.3. The number of thiocarbonyl (C=S) groups is 1. The first-order chi connectivity index (χ1) is 9.95. The average Bonchev–Trinajstić information content (AvgIpc) is 2.43. The summed E-state index contributed by atoms with van der Waals surface area (Å²) in [5.74, 6) is 0. The van der Waals surface area contributed by atoms with Crippen molar-refractivity contribution in [2.75, 3.05) is 29.6 Å². The van der Waals surface area contributed by atoms with Gasteiger partial charge in [0.2, 0.25) is 0 Å². The van der Waals surface area contributed by atoms with Crippen LogP contribution >= 0.6 is 12.2 Å². The number of anilines is 3. The molecule has 0 spiro atoms. The molecule has 110 valence electrons. The Morgan fingerprint density at radius 2 is 1.43 bits per heavy atom. The highest BCUT2D eigenvalue weighted by atomic mass is 32.1. The lowest BCUT2D eigenvalue weighted by Crippen LogP contribution is -2.19. The van der Waals surface area contributed by atoms with Gasteiger partial charge in [-0.15, -0.1) is 0 Å². The highest BCUT2D eigenvalue weighted by molar-refractivity contribution is 7.80. The van der Waals surface area contributed by atoms with Crippen LogP contribution in [0.4, 0.5) is 17.1 Å². The van der Waals surface area contributed by atoms with Crippen LogP contribution in [0, 0.1) is 13.8 Å². The summed E-state index contributed by atoms with van der Waals surface area (Å²) in [6.07, 6.45) is 0. The molecule has 0 saturated carbocycles. The van der Waals surface area contributed by atoms with E-state index in [4.69, 9.17) is 12.2 Å². The molecule has 0 aliphatic rings. The monoisotopic (exact) mass is 299 g/mol. The lowest BCUT2D eigenvalue weighted by Gasteiger charge is -2.14. The second-order valence-corrected chi connectivity index (χ2v) is 5.73. The first-order valence-corrected chi connectivity index (χ1v) is 7.29. The predicted molar refractivity (Wildman–Crippen MR) is 96.5 cm³/mol.